The minimum Gasteiger partial charge on any atom is -0.466 e. The Morgan fingerprint density at radius 1 is 0.655 bits per heavy atom. The molecule has 0 aliphatic rings. The molecule has 0 amide bonds. The van der Waals surface area contributed by atoms with Gasteiger partial charge in [-0.2, -0.15) is 0 Å². The molecule has 0 rings (SSSR count). The Bertz CT molecular complexity index is 394. The summed E-state index contributed by atoms with van der Waals surface area (Å²) in [5, 5.41) is 0. The molecular formula is C25H48O4. The van der Waals surface area contributed by atoms with Gasteiger partial charge in [0, 0.05) is 6.42 Å². The molecule has 0 saturated carbocycles. The molecule has 0 aromatic rings. The number of unbranched alkanes of at least 4 members (excludes halogenated alkanes) is 8. The molecule has 2 unspecified atom stereocenters. The fraction of sp³-hybridized carbons (Fsp3) is 0.920. The number of esters is 2. The van der Waals surface area contributed by atoms with Gasteiger partial charge in [0.05, 0.1) is 19.1 Å². The predicted octanol–water partition coefficient (Wildman–Crippen LogP) is 7.24. The van der Waals surface area contributed by atoms with Gasteiger partial charge in [0.25, 0.3) is 0 Å². The Hall–Kier alpha value is -1.06. The minimum absolute atomic E-state index is 0.0148. The van der Waals surface area contributed by atoms with Crippen LogP contribution in [0.4, 0.5) is 0 Å². The van der Waals surface area contributed by atoms with E-state index in [1.54, 1.807) is 0 Å². The topological polar surface area (TPSA) is 52.6 Å². The molecule has 0 spiro atoms. The number of hydrogen-bond acceptors (Lipinski definition) is 4. The molecule has 172 valence electrons. The summed E-state index contributed by atoms with van der Waals surface area (Å²) in [6.07, 6.45) is 15.8. The zero-order valence-corrected chi connectivity index (χ0v) is 19.8. The number of carbonyl (C=O) groups excluding carboxylic acids is 2. The zero-order chi connectivity index (χ0) is 21.7. The van der Waals surface area contributed by atoms with Gasteiger partial charge in [0.15, 0.2) is 0 Å². The first kappa shape index (κ1) is 27.9. The first-order valence-corrected chi connectivity index (χ1v) is 12.4. The molecule has 0 radical (unpaired) electrons. The molecule has 0 heterocycles. The number of ether oxygens (including phenoxy) is 2. The molecule has 2 atom stereocenters. The van der Waals surface area contributed by atoms with Crippen LogP contribution in [0.1, 0.15) is 124 Å². The van der Waals surface area contributed by atoms with Crippen molar-refractivity contribution in [2.75, 3.05) is 13.2 Å². The lowest BCUT2D eigenvalue weighted by Gasteiger charge is -2.23. The SMILES string of the molecule is CCCCOC(=O)CCCCCCCCCC(CC)C(CC)C(=O)OCCCC. The second-order valence-electron chi connectivity index (χ2n) is 8.29. The van der Waals surface area contributed by atoms with Crippen LogP contribution in [-0.4, -0.2) is 25.2 Å². The fourth-order valence-electron chi connectivity index (χ4n) is 3.77. The lowest BCUT2D eigenvalue weighted by Crippen LogP contribution is -2.25. The lowest BCUT2D eigenvalue weighted by atomic mass is 9.84. The summed E-state index contributed by atoms with van der Waals surface area (Å²) in [6, 6.07) is 0. The molecule has 29 heavy (non-hydrogen) atoms. The van der Waals surface area contributed by atoms with Crippen molar-refractivity contribution in [2.24, 2.45) is 11.8 Å². The van der Waals surface area contributed by atoms with Gasteiger partial charge in [-0.1, -0.05) is 85.5 Å². The van der Waals surface area contributed by atoms with Gasteiger partial charge in [-0.3, -0.25) is 9.59 Å². The van der Waals surface area contributed by atoms with Crippen LogP contribution in [0.25, 0.3) is 0 Å². The number of rotatable bonds is 20. The monoisotopic (exact) mass is 412 g/mol. The van der Waals surface area contributed by atoms with Gasteiger partial charge in [-0.15, -0.1) is 0 Å². The Morgan fingerprint density at radius 2 is 1.21 bits per heavy atom. The van der Waals surface area contributed by atoms with Crippen molar-refractivity contribution in [1.29, 1.82) is 0 Å². The molecule has 0 aliphatic carbocycles. The van der Waals surface area contributed by atoms with E-state index in [1.807, 2.05) is 0 Å². The summed E-state index contributed by atoms with van der Waals surface area (Å²) in [5.41, 5.74) is 0. The third-order valence-electron chi connectivity index (χ3n) is 5.79. The molecule has 4 nitrogen and oxygen atoms in total. The Morgan fingerprint density at radius 3 is 1.76 bits per heavy atom. The van der Waals surface area contributed by atoms with Crippen LogP contribution >= 0.6 is 0 Å². The predicted molar refractivity (Wildman–Crippen MR) is 121 cm³/mol. The van der Waals surface area contributed by atoms with E-state index in [1.165, 1.54) is 32.1 Å². The number of carbonyl (C=O) groups is 2. The molecule has 0 saturated heterocycles. The normalized spacial score (nSPS) is 13.1. The molecule has 0 aromatic heterocycles. The van der Waals surface area contributed by atoms with Gasteiger partial charge in [0.2, 0.25) is 0 Å². The Balaban J connectivity index is 3.77. The Labute approximate surface area is 180 Å². The van der Waals surface area contributed by atoms with E-state index in [0.29, 0.717) is 25.6 Å². The van der Waals surface area contributed by atoms with E-state index in [0.717, 1.165) is 57.8 Å². The average Bonchev–Trinajstić information content (AvgIpc) is 2.72. The third-order valence-corrected chi connectivity index (χ3v) is 5.79. The van der Waals surface area contributed by atoms with Crippen LogP contribution in [0.15, 0.2) is 0 Å². The highest BCUT2D eigenvalue weighted by atomic mass is 16.5. The van der Waals surface area contributed by atoms with Gasteiger partial charge in [-0.25, -0.2) is 0 Å². The first-order valence-electron chi connectivity index (χ1n) is 12.4. The first-order chi connectivity index (χ1) is 14.1. The second kappa shape index (κ2) is 20.2. The summed E-state index contributed by atoms with van der Waals surface area (Å²) >= 11 is 0. The molecule has 0 aromatic carbocycles. The highest BCUT2D eigenvalue weighted by Crippen LogP contribution is 2.27. The van der Waals surface area contributed by atoms with Crippen molar-refractivity contribution >= 4 is 11.9 Å². The lowest BCUT2D eigenvalue weighted by molar-refractivity contribution is -0.151. The minimum atomic E-state index is -0.0391. The van der Waals surface area contributed by atoms with E-state index in [4.69, 9.17) is 9.47 Å². The van der Waals surface area contributed by atoms with Crippen LogP contribution in [0.3, 0.4) is 0 Å². The average molecular weight is 413 g/mol. The smallest absolute Gasteiger partial charge is 0.309 e. The maximum absolute atomic E-state index is 12.4. The van der Waals surface area contributed by atoms with Crippen molar-refractivity contribution in [3.05, 3.63) is 0 Å². The largest absolute Gasteiger partial charge is 0.466 e. The second-order valence-corrected chi connectivity index (χ2v) is 8.29. The maximum Gasteiger partial charge on any atom is 0.309 e. The van der Waals surface area contributed by atoms with E-state index in [2.05, 4.69) is 27.7 Å². The van der Waals surface area contributed by atoms with E-state index in [9.17, 15) is 9.59 Å². The number of hydrogen-bond donors (Lipinski definition) is 0. The fourth-order valence-corrected chi connectivity index (χ4v) is 3.77. The molecule has 0 fully saturated rings. The summed E-state index contributed by atoms with van der Waals surface area (Å²) in [7, 11) is 0. The summed E-state index contributed by atoms with van der Waals surface area (Å²) in [6.45, 7) is 9.65. The summed E-state index contributed by atoms with van der Waals surface area (Å²) in [5.74, 6) is 0.491. The molecule has 0 aliphatic heterocycles. The van der Waals surface area contributed by atoms with Crippen LogP contribution in [0, 0.1) is 11.8 Å². The zero-order valence-electron chi connectivity index (χ0n) is 19.8. The van der Waals surface area contributed by atoms with Crippen molar-refractivity contribution in [3.63, 3.8) is 0 Å². The van der Waals surface area contributed by atoms with Crippen molar-refractivity contribution < 1.29 is 19.1 Å². The van der Waals surface area contributed by atoms with Crippen LogP contribution in [-0.2, 0) is 19.1 Å². The quantitative estimate of drug-likeness (QED) is 0.156. The maximum atomic E-state index is 12.4. The molecule has 0 bridgehead atoms. The van der Waals surface area contributed by atoms with Crippen molar-refractivity contribution in [2.45, 2.75) is 124 Å². The molecular weight excluding hydrogens is 364 g/mol. The Kier molecular flexibility index (Phi) is 19.5. The molecule has 0 N–H and O–H groups in total. The van der Waals surface area contributed by atoms with Gasteiger partial charge < -0.3 is 9.47 Å². The van der Waals surface area contributed by atoms with Gasteiger partial charge >= 0.3 is 11.9 Å². The van der Waals surface area contributed by atoms with Crippen molar-refractivity contribution in [3.8, 4) is 0 Å². The van der Waals surface area contributed by atoms with Crippen LogP contribution < -0.4 is 0 Å². The highest BCUT2D eigenvalue weighted by molar-refractivity contribution is 5.72. The third kappa shape index (κ3) is 15.4. The van der Waals surface area contributed by atoms with Gasteiger partial charge in [-0.05, 0) is 38.0 Å². The molecule has 4 heteroatoms. The summed E-state index contributed by atoms with van der Waals surface area (Å²) < 4.78 is 10.6. The summed E-state index contributed by atoms with van der Waals surface area (Å²) in [4.78, 5) is 23.9. The van der Waals surface area contributed by atoms with Crippen molar-refractivity contribution in [1.82, 2.24) is 0 Å². The van der Waals surface area contributed by atoms with Gasteiger partial charge in [0.1, 0.15) is 0 Å². The van der Waals surface area contributed by atoms with E-state index >= 15 is 0 Å². The van der Waals surface area contributed by atoms with E-state index < -0.39 is 0 Å². The van der Waals surface area contributed by atoms with Crippen LogP contribution in [0.5, 0.6) is 0 Å². The highest BCUT2D eigenvalue weighted by Gasteiger charge is 2.26. The standard InChI is InChI=1S/C25H48O4/c1-5-9-20-28-24(26)19-17-15-13-11-12-14-16-18-22(7-3)23(8-4)25(27)29-21-10-6-2/h22-23H,5-21H2,1-4H3. The van der Waals surface area contributed by atoms with Crippen LogP contribution in [0.2, 0.25) is 0 Å². The van der Waals surface area contributed by atoms with E-state index in [-0.39, 0.29) is 17.9 Å².